The summed E-state index contributed by atoms with van der Waals surface area (Å²) in [6.07, 6.45) is 8.31. The number of aromatic nitrogens is 2. The highest BCUT2D eigenvalue weighted by Gasteiger charge is 2.42. The van der Waals surface area contributed by atoms with Crippen LogP contribution in [0.25, 0.3) is 11.1 Å². The Kier molecular flexibility index (Phi) is 6.13. The molecule has 1 aliphatic carbocycles. The minimum atomic E-state index is -0.316. The number of ether oxygens (including phenoxy) is 1. The lowest BCUT2D eigenvalue weighted by Crippen LogP contribution is -2.35. The van der Waals surface area contributed by atoms with Gasteiger partial charge in [-0.2, -0.15) is 0 Å². The molecule has 5 nitrogen and oxygen atoms in total. The van der Waals surface area contributed by atoms with Crippen molar-refractivity contribution in [1.82, 2.24) is 14.9 Å². The van der Waals surface area contributed by atoms with E-state index in [0.29, 0.717) is 16.6 Å². The highest BCUT2D eigenvalue weighted by Crippen LogP contribution is 2.41. The molecule has 31 heavy (non-hydrogen) atoms. The van der Waals surface area contributed by atoms with Gasteiger partial charge in [0, 0.05) is 74.5 Å². The average molecular weight is 445 g/mol. The van der Waals surface area contributed by atoms with Crippen LogP contribution in [0.3, 0.4) is 0 Å². The van der Waals surface area contributed by atoms with E-state index in [4.69, 9.17) is 16.3 Å². The van der Waals surface area contributed by atoms with Crippen LogP contribution in [-0.2, 0) is 4.74 Å². The molecule has 3 atom stereocenters. The first kappa shape index (κ1) is 21.1. The Labute approximate surface area is 188 Å². The van der Waals surface area contributed by atoms with Crippen LogP contribution in [0.5, 0.6) is 0 Å². The molecule has 1 saturated carbocycles. The van der Waals surface area contributed by atoms with E-state index < -0.39 is 0 Å². The lowest BCUT2D eigenvalue weighted by molar-refractivity contribution is 0.0545. The molecular weight excluding hydrogens is 415 g/mol. The van der Waals surface area contributed by atoms with E-state index in [1.54, 1.807) is 18.5 Å². The Morgan fingerprint density at radius 2 is 1.81 bits per heavy atom. The highest BCUT2D eigenvalue weighted by molar-refractivity contribution is 6.33. The quantitative estimate of drug-likeness (QED) is 0.678. The summed E-state index contributed by atoms with van der Waals surface area (Å²) in [5, 5.41) is 0.500. The van der Waals surface area contributed by atoms with Gasteiger partial charge < -0.3 is 14.5 Å². The van der Waals surface area contributed by atoms with Crippen molar-refractivity contribution in [2.45, 2.75) is 31.7 Å². The van der Waals surface area contributed by atoms with Crippen molar-refractivity contribution >= 4 is 17.5 Å². The van der Waals surface area contributed by atoms with Crippen molar-refractivity contribution < 1.29 is 9.13 Å². The second-order valence-corrected chi connectivity index (χ2v) is 9.83. The zero-order chi connectivity index (χ0) is 21.4. The summed E-state index contributed by atoms with van der Waals surface area (Å²) in [6.45, 7) is 5.56. The van der Waals surface area contributed by atoms with Gasteiger partial charge in [-0.1, -0.05) is 11.6 Å². The van der Waals surface area contributed by atoms with Crippen LogP contribution in [-0.4, -0.2) is 60.8 Å². The Balaban J connectivity index is 1.18. The summed E-state index contributed by atoms with van der Waals surface area (Å²) >= 11 is 6.22. The fourth-order valence-corrected chi connectivity index (χ4v) is 5.88. The second-order valence-electron chi connectivity index (χ2n) is 9.43. The number of likely N-dealkylation sites (tertiary alicyclic amines) is 1. The first-order valence-corrected chi connectivity index (χ1v) is 11.7. The molecule has 0 radical (unpaired) electrons. The Morgan fingerprint density at radius 3 is 2.48 bits per heavy atom. The number of hydrogen-bond donors (Lipinski definition) is 0. The third kappa shape index (κ3) is 4.57. The van der Waals surface area contributed by atoms with Gasteiger partial charge in [0.15, 0.2) is 0 Å². The molecule has 0 amide bonds. The van der Waals surface area contributed by atoms with E-state index in [2.05, 4.69) is 26.8 Å². The molecule has 7 heteroatoms. The molecule has 2 aliphatic heterocycles. The molecular formula is C24H30ClFN4O. The van der Waals surface area contributed by atoms with Crippen LogP contribution >= 0.6 is 11.6 Å². The topological polar surface area (TPSA) is 41.5 Å². The van der Waals surface area contributed by atoms with Crippen LogP contribution in [0.4, 0.5) is 10.3 Å². The number of hydrogen-bond acceptors (Lipinski definition) is 5. The minimum Gasteiger partial charge on any atom is -0.381 e. The molecule has 1 unspecified atom stereocenters. The van der Waals surface area contributed by atoms with Crippen LogP contribution in [0.15, 0.2) is 30.6 Å². The van der Waals surface area contributed by atoms with Crippen LogP contribution in [0.1, 0.15) is 25.7 Å². The minimum absolute atomic E-state index is 0.316. The van der Waals surface area contributed by atoms with Gasteiger partial charge in [0.05, 0.1) is 0 Å². The average Bonchev–Trinajstić information content (AvgIpc) is 3.34. The molecule has 166 valence electrons. The van der Waals surface area contributed by atoms with Gasteiger partial charge in [-0.15, -0.1) is 0 Å². The Morgan fingerprint density at radius 1 is 1.13 bits per heavy atom. The first-order chi connectivity index (χ1) is 15.1. The molecule has 2 saturated heterocycles. The maximum absolute atomic E-state index is 13.6. The van der Waals surface area contributed by atoms with Gasteiger partial charge in [-0.3, -0.25) is 0 Å². The van der Waals surface area contributed by atoms with Crippen molar-refractivity contribution in [3.63, 3.8) is 0 Å². The molecule has 0 bridgehead atoms. The highest BCUT2D eigenvalue weighted by atomic mass is 35.5. The third-order valence-corrected chi connectivity index (χ3v) is 7.73. The van der Waals surface area contributed by atoms with Gasteiger partial charge in [-0.25, -0.2) is 14.4 Å². The molecule has 1 aromatic heterocycles. The van der Waals surface area contributed by atoms with Gasteiger partial charge in [0.1, 0.15) is 5.82 Å². The van der Waals surface area contributed by atoms with Gasteiger partial charge in [0.25, 0.3) is 0 Å². The first-order valence-electron chi connectivity index (χ1n) is 11.4. The van der Waals surface area contributed by atoms with E-state index in [1.807, 2.05) is 0 Å². The molecule has 3 aliphatic rings. The predicted octanol–water partition coefficient (Wildman–Crippen LogP) is 4.51. The lowest BCUT2D eigenvalue weighted by Gasteiger charge is -2.29. The summed E-state index contributed by atoms with van der Waals surface area (Å²) in [6, 6.07) is 4.82. The zero-order valence-corrected chi connectivity index (χ0v) is 18.8. The van der Waals surface area contributed by atoms with E-state index in [9.17, 15) is 4.39 Å². The van der Waals surface area contributed by atoms with E-state index >= 15 is 0 Å². The van der Waals surface area contributed by atoms with Crippen molar-refractivity contribution in [2.24, 2.45) is 17.8 Å². The number of halogens is 2. The molecule has 3 fully saturated rings. The standard InChI is InChI=1S/C24H30ClFN4O/c1-29(24-27-11-19(12-28-24)22-10-20(26)2-3-23(22)25)21-8-17-14-30(15-18(17)9-21)13-16-4-6-31-7-5-16/h2-3,10-12,16-18,21H,4-9,13-15H2,1H3/t17-,18+,21?. The molecule has 2 aromatic rings. The summed E-state index contributed by atoms with van der Waals surface area (Å²) in [7, 11) is 2.09. The number of benzene rings is 1. The largest absolute Gasteiger partial charge is 0.381 e. The van der Waals surface area contributed by atoms with Crippen LogP contribution < -0.4 is 4.90 Å². The van der Waals surface area contributed by atoms with Gasteiger partial charge >= 0.3 is 0 Å². The van der Waals surface area contributed by atoms with Crippen molar-refractivity contribution in [3.8, 4) is 11.1 Å². The van der Waals surface area contributed by atoms with Crippen LogP contribution in [0, 0.1) is 23.6 Å². The summed E-state index contributed by atoms with van der Waals surface area (Å²) in [4.78, 5) is 14.0. The second kappa shape index (κ2) is 9.00. The van der Waals surface area contributed by atoms with Crippen molar-refractivity contribution in [2.75, 3.05) is 44.8 Å². The molecule has 0 N–H and O–H groups in total. The molecule has 0 spiro atoms. The van der Waals surface area contributed by atoms with Crippen molar-refractivity contribution in [1.29, 1.82) is 0 Å². The maximum Gasteiger partial charge on any atom is 0.225 e. The fourth-order valence-electron chi connectivity index (χ4n) is 5.65. The molecule has 5 rings (SSSR count). The summed E-state index contributed by atoms with van der Waals surface area (Å²) in [5.74, 6) is 2.77. The normalized spacial score (nSPS) is 26.9. The fraction of sp³-hybridized carbons (Fsp3) is 0.583. The predicted molar refractivity (Wildman–Crippen MR) is 121 cm³/mol. The van der Waals surface area contributed by atoms with E-state index in [1.165, 1.54) is 57.5 Å². The maximum atomic E-state index is 13.6. The molecule has 1 aromatic carbocycles. The summed E-state index contributed by atoms with van der Waals surface area (Å²) in [5.41, 5.74) is 1.35. The SMILES string of the molecule is CN(c1ncc(-c2cc(F)ccc2Cl)cn1)C1C[C@@H]2CN(CC3CCOCC3)C[C@@H]2C1. The van der Waals surface area contributed by atoms with E-state index in [0.717, 1.165) is 42.5 Å². The summed E-state index contributed by atoms with van der Waals surface area (Å²) < 4.78 is 19.1. The Bertz CT molecular complexity index is 891. The lowest BCUT2D eigenvalue weighted by atomic mass is 10.00. The zero-order valence-electron chi connectivity index (χ0n) is 18.0. The number of anilines is 1. The number of fused-ring (bicyclic) bond motifs is 1. The third-order valence-electron chi connectivity index (χ3n) is 7.40. The molecule has 3 heterocycles. The van der Waals surface area contributed by atoms with E-state index in [-0.39, 0.29) is 5.82 Å². The van der Waals surface area contributed by atoms with Gasteiger partial charge in [0.2, 0.25) is 5.95 Å². The number of nitrogens with zero attached hydrogens (tertiary/aromatic N) is 4. The van der Waals surface area contributed by atoms with Crippen molar-refractivity contribution in [3.05, 3.63) is 41.4 Å². The monoisotopic (exact) mass is 444 g/mol. The Hall–Kier alpha value is -1.76. The number of rotatable bonds is 5. The van der Waals surface area contributed by atoms with Crippen LogP contribution in [0.2, 0.25) is 5.02 Å². The smallest absolute Gasteiger partial charge is 0.225 e. The van der Waals surface area contributed by atoms with Gasteiger partial charge in [-0.05, 0) is 61.6 Å².